The molecule has 0 unspecified atom stereocenters. The molecule has 0 atom stereocenters. The fourth-order valence-electron chi connectivity index (χ4n) is 13.1. The Bertz CT molecular complexity index is 5530. The first kappa shape index (κ1) is 78.7. The van der Waals surface area contributed by atoms with E-state index in [0.717, 1.165) is 67.5 Å². The molecule has 0 saturated heterocycles. The summed E-state index contributed by atoms with van der Waals surface area (Å²) in [6, 6.07) is 145. The second kappa shape index (κ2) is 39.5. The van der Waals surface area contributed by atoms with E-state index < -0.39 is 0 Å². The van der Waals surface area contributed by atoms with Crippen LogP contribution in [0, 0.1) is 43.3 Å². The summed E-state index contributed by atoms with van der Waals surface area (Å²) in [6.07, 6.45) is 10.9. The average Bonchev–Trinajstić information content (AvgIpc) is 1.58. The van der Waals surface area contributed by atoms with E-state index >= 15 is 0 Å². The Morgan fingerprint density at radius 2 is 0.554 bits per heavy atom. The Balaban J connectivity index is 0.000000127. The minimum Gasteiger partial charge on any atom is -0.305 e. The summed E-state index contributed by atoms with van der Waals surface area (Å²) in [6.45, 7) is 6.76. The monoisotopic (exact) mass is 1790 g/mol. The second-order valence-corrected chi connectivity index (χ2v) is 26.5. The summed E-state index contributed by atoms with van der Waals surface area (Å²) in [5.41, 5.74) is 28.4. The van der Waals surface area contributed by atoms with Crippen LogP contribution >= 0.6 is 0 Å². The topological polar surface area (TPSA) is 77.3 Å². The molecule has 18 aromatic rings. The van der Waals surface area contributed by atoms with Crippen molar-refractivity contribution in [1.29, 1.82) is 0 Å². The van der Waals surface area contributed by atoms with E-state index in [1.54, 1.807) is 24.8 Å². The standard InChI is InChI=1S/C26H20N.C22H16N.2C17H12N.2C11H8N.2Ir/c1-26(2)23-11-7-6-10-21(23)22-13-12-19(16-24(22)26)20-14-15-27-25(17-20)18-8-4-3-5-9-18;1-16-7-8-19-14-20(10-9-18(19)13-16)21-11-12-23-22(15-21)17-5-3-2-4-6-17;2*1-2-7-14(8-3-1)15-9-6-10-16(13-15)17-11-4-5-12-18-17;2*1-2-6-10(7-3-1)11-8-4-5-9-12-11;;/h3-8,10-17H,1-2H3;2-5,7-15H,1H3;2*1-9,11-13H;2*1-6,8-9H;;/q6*-1;2*+3. The number of rotatable bonds is 10. The fourth-order valence-corrected chi connectivity index (χ4v) is 13.1. The molecular weight excluding hydrogens is 1720 g/mol. The summed E-state index contributed by atoms with van der Waals surface area (Å²) in [5.74, 6) is 0. The van der Waals surface area contributed by atoms with Crippen LogP contribution in [-0.4, -0.2) is 29.9 Å². The molecule has 0 spiro atoms. The van der Waals surface area contributed by atoms with Gasteiger partial charge in [-0.15, -0.1) is 214 Å². The van der Waals surface area contributed by atoms with Crippen LogP contribution in [-0.2, 0) is 45.6 Å². The zero-order valence-corrected chi connectivity index (χ0v) is 66.8. The first-order valence-corrected chi connectivity index (χ1v) is 36.6. The molecule has 0 amide bonds. The van der Waals surface area contributed by atoms with Crippen LogP contribution in [0.5, 0.6) is 0 Å². The third-order valence-electron chi connectivity index (χ3n) is 18.7. The zero-order chi connectivity index (χ0) is 74.9. The van der Waals surface area contributed by atoms with Gasteiger partial charge in [0.15, 0.2) is 0 Å². The number of nitrogens with zero attached hydrogens (tertiary/aromatic N) is 6. The van der Waals surface area contributed by atoms with Gasteiger partial charge >= 0.3 is 40.2 Å². The predicted octanol–water partition coefficient (Wildman–Crippen LogP) is 25.7. The molecule has 6 aromatic heterocycles. The van der Waals surface area contributed by atoms with E-state index in [4.69, 9.17) is 0 Å². The first-order chi connectivity index (χ1) is 54.2. The summed E-state index contributed by atoms with van der Waals surface area (Å²) in [5, 5.41) is 2.54. The maximum Gasteiger partial charge on any atom is 3.00 e. The number of hydrogen-bond donors (Lipinski definition) is 0. The molecule has 1 aliphatic carbocycles. The Morgan fingerprint density at radius 1 is 0.214 bits per heavy atom. The maximum atomic E-state index is 4.54. The van der Waals surface area contributed by atoms with Gasteiger partial charge in [-0.2, -0.15) is 0 Å². The fraction of sp³-hybridized carbons (Fsp3) is 0.0385. The quantitative estimate of drug-likeness (QED) is 0.127. The number of hydrogen-bond acceptors (Lipinski definition) is 6. The van der Waals surface area contributed by atoms with Crippen molar-refractivity contribution >= 4 is 10.8 Å². The van der Waals surface area contributed by atoms with Crippen LogP contribution in [0.3, 0.4) is 0 Å². The van der Waals surface area contributed by atoms with Gasteiger partial charge in [-0.05, 0) is 156 Å². The van der Waals surface area contributed by atoms with Crippen LogP contribution in [0.2, 0.25) is 0 Å². The van der Waals surface area contributed by atoms with Gasteiger partial charge in [0.25, 0.3) is 0 Å². The van der Waals surface area contributed by atoms with Crippen molar-refractivity contribution in [3.63, 3.8) is 0 Å². The van der Waals surface area contributed by atoms with Crippen LogP contribution < -0.4 is 0 Å². The van der Waals surface area contributed by atoms with Crippen molar-refractivity contribution < 1.29 is 40.2 Å². The number of aromatic nitrogens is 6. The van der Waals surface area contributed by atoms with Crippen LogP contribution in [0.25, 0.3) is 134 Å². The molecule has 8 heteroatoms. The molecule has 0 fully saturated rings. The average molecular weight is 1790 g/mol. The van der Waals surface area contributed by atoms with E-state index in [-0.39, 0.29) is 45.6 Å². The summed E-state index contributed by atoms with van der Waals surface area (Å²) < 4.78 is 0. The van der Waals surface area contributed by atoms with E-state index in [1.807, 2.05) is 225 Å². The smallest absolute Gasteiger partial charge is 0.305 e. The van der Waals surface area contributed by atoms with Gasteiger partial charge in [0.05, 0.1) is 0 Å². The van der Waals surface area contributed by atoms with Crippen molar-refractivity contribution in [2.75, 3.05) is 0 Å². The molecule has 12 aromatic carbocycles. The van der Waals surface area contributed by atoms with Gasteiger partial charge in [0, 0.05) is 42.6 Å². The molecule has 0 aliphatic heterocycles. The summed E-state index contributed by atoms with van der Waals surface area (Å²) in [7, 11) is 0. The maximum absolute atomic E-state index is 4.54. The van der Waals surface area contributed by atoms with Crippen molar-refractivity contribution in [2.45, 2.75) is 26.2 Å². The molecule has 6 nitrogen and oxygen atoms in total. The molecule has 0 N–H and O–H groups in total. The zero-order valence-electron chi connectivity index (χ0n) is 62.0. The molecular formula is C104H76Ir2N6. The van der Waals surface area contributed by atoms with E-state index in [9.17, 15) is 0 Å². The van der Waals surface area contributed by atoms with E-state index in [0.29, 0.717) is 0 Å². The Labute approximate surface area is 685 Å². The molecule has 0 bridgehead atoms. The van der Waals surface area contributed by atoms with E-state index in [2.05, 4.69) is 245 Å². The molecule has 19 rings (SSSR count). The normalized spacial score (nSPS) is 10.9. The van der Waals surface area contributed by atoms with Crippen molar-refractivity contribution in [3.05, 3.63) is 460 Å². The minimum atomic E-state index is 0. The minimum absolute atomic E-state index is 0. The summed E-state index contributed by atoms with van der Waals surface area (Å²) >= 11 is 0. The number of aryl methyl sites for hydroxylation is 1. The predicted molar refractivity (Wildman–Crippen MR) is 453 cm³/mol. The molecule has 0 saturated carbocycles. The largest absolute Gasteiger partial charge is 3.00 e. The Hall–Kier alpha value is -12.9. The van der Waals surface area contributed by atoms with Gasteiger partial charge in [-0.3, -0.25) is 0 Å². The first-order valence-electron chi connectivity index (χ1n) is 36.6. The molecule has 540 valence electrons. The second-order valence-electron chi connectivity index (χ2n) is 26.5. The van der Waals surface area contributed by atoms with Crippen LogP contribution in [0.4, 0.5) is 0 Å². The number of fused-ring (bicyclic) bond motifs is 4. The third-order valence-corrected chi connectivity index (χ3v) is 18.7. The van der Waals surface area contributed by atoms with E-state index in [1.165, 1.54) is 83.1 Å². The summed E-state index contributed by atoms with van der Waals surface area (Å²) in [4.78, 5) is 26.2. The Morgan fingerprint density at radius 3 is 0.991 bits per heavy atom. The van der Waals surface area contributed by atoms with Crippen molar-refractivity contribution in [1.82, 2.24) is 29.9 Å². The molecule has 1 aliphatic rings. The number of benzene rings is 12. The molecule has 6 heterocycles. The molecule has 112 heavy (non-hydrogen) atoms. The van der Waals surface area contributed by atoms with Crippen molar-refractivity contribution in [3.8, 4) is 123 Å². The van der Waals surface area contributed by atoms with Gasteiger partial charge in [-0.25, -0.2) is 0 Å². The van der Waals surface area contributed by atoms with Gasteiger partial charge < -0.3 is 29.9 Å². The van der Waals surface area contributed by atoms with Gasteiger partial charge in [0.2, 0.25) is 0 Å². The Kier molecular flexibility index (Phi) is 27.7. The number of pyridine rings is 6. The van der Waals surface area contributed by atoms with Crippen molar-refractivity contribution in [2.24, 2.45) is 0 Å². The third kappa shape index (κ3) is 20.5. The van der Waals surface area contributed by atoms with Crippen LogP contribution in [0.15, 0.2) is 407 Å². The van der Waals surface area contributed by atoms with Crippen LogP contribution in [0.1, 0.15) is 30.5 Å². The van der Waals surface area contributed by atoms with Gasteiger partial charge in [0.1, 0.15) is 0 Å². The van der Waals surface area contributed by atoms with Gasteiger partial charge in [-0.1, -0.05) is 207 Å². The SMILES string of the molecule is CC1(C)c2ccccc2-c2ccc(-c3ccnc(-c4[c-]cccc4)c3)cc21.Cc1ccc2cc(-c3ccnc(-c4[c-]cccc4)c3)ccc2c1.[Ir+3].[Ir+3].[c-]1ccc(-c2ccccc2)cc1-c1ccccn1.[c-]1ccc(-c2ccccc2)cc1-c1ccccn1.[c-]1ccccc1-c1ccccn1.[c-]1ccccc1-c1ccccn1. The molecule has 0 radical (unpaired) electrons.